The zero-order chi connectivity index (χ0) is 11.3. The van der Waals surface area contributed by atoms with E-state index < -0.39 is 5.97 Å². The predicted octanol–water partition coefficient (Wildman–Crippen LogP) is 0.265. The zero-order valence-electron chi connectivity index (χ0n) is 8.68. The quantitative estimate of drug-likeness (QED) is 0.643. The fourth-order valence-corrected chi connectivity index (χ4v) is 1.29. The molecule has 5 heteroatoms. The molecular formula is C10H15NO4. The highest BCUT2D eigenvalue weighted by molar-refractivity contribution is 5.94. The summed E-state index contributed by atoms with van der Waals surface area (Å²) in [5.74, 6) is -1.36. The van der Waals surface area contributed by atoms with Crippen LogP contribution in [-0.2, 0) is 14.3 Å². The van der Waals surface area contributed by atoms with E-state index in [0.29, 0.717) is 13.2 Å². The Hall–Kier alpha value is -1.36. The van der Waals surface area contributed by atoms with Gasteiger partial charge in [0, 0.05) is 31.8 Å². The van der Waals surface area contributed by atoms with Crippen LogP contribution in [0.25, 0.3) is 0 Å². The summed E-state index contributed by atoms with van der Waals surface area (Å²) < 4.78 is 4.89. The van der Waals surface area contributed by atoms with Crippen molar-refractivity contribution in [2.75, 3.05) is 20.3 Å². The molecule has 0 atom stereocenters. The van der Waals surface area contributed by atoms with Gasteiger partial charge in [-0.3, -0.25) is 4.79 Å². The first-order valence-electron chi connectivity index (χ1n) is 4.85. The van der Waals surface area contributed by atoms with Crippen LogP contribution < -0.4 is 0 Å². The van der Waals surface area contributed by atoms with Crippen LogP contribution in [0.2, 0.25) is 0 Å². The molecule has 0 aromatic heterocycles. The second kappa shape index (κ2) is 5.50. The normalized spacial score (nSPS) is 15.5. The first kappa shape index (κ1) is 11.7. The first-order valence-corrected chi connectivity index (χ1v) is 4.85. The van der Waals surface area contributed by atoms with E-state index in [0.717, 1.165) is 25.0 Å². The van der Waals surface area contributed by atoms with Crippen molar-refractivity contribution in [1.29, 1.82) is 0 Å². The summed E-state index contributed by atoms with van der Waals surface area (Å²) in [6.07, 6.45) is 3.95. The van der Waals surface area contributed by atoms with E-state index in [1.165, 1.54) is 0 Å². The van der Waals surface area contributed by atoms with Gasteiger partial charge >= 0.3 is 5.97 Å². The molecule has 0 radical (unpaired) electrons. The maximum absolute atomic E-state index is 11.6. The Morgan fingerprint density at radius 1 is 1.47 bits per heavy atom. The van der Waals surface area contributed by atoms with Crippen molar-refractivity contribution in [1.82, 2.24) is 4.90 Å². The molecule has 1 aliphatic rings. The lowest BCUT2D eigenvalue weighted by atomic mass is 10.4. The van der Waals surface area contributed by atoms with Gasteiger partial charge < -0.3 is 14.7 Å². The first-order chi connectivity index (χ1) is 7.15. The largest absolute Gasteiger partial charge is 0.478 e. The van der Waals surface area contributed by atoms with Gasteiger partial charge in [-0.25, -0.2) is 4.79 Å². The summed E-state index contributed by atoms with van der Waals surface area (Å²) in [4.78, 5) is 23.5. The summed E-state index contributed by atoms with van der Waals surface area (Å²) >= 11 is 0. The molecule has 1 rings (SSSR count). The van der Waals surface area contributed by atoms with Crippen molar-refractivity contribution < 1.29 is 19.4 Å². The van der Waals surface area contributed by atoms with Crippen LogP contribution in [0.4, 0.5) is 0 Å². The van der Waals surface area contributed by atoms with Crippen molar-refractivity contribution in [2.45, 2.75) is 18.9 Å². The molecule has 1 fully saturated rings. The molecule has 15 heavy (non-hydrogen) atoms. The Bertz CT molecular complexity index is 271. The van der Waals surface area contributed by atoms with E-state index in [-0.39, 0.29) is 11.9 Å². The van der Waals surface area contributed by atoms with Crippen molar-refractivity contribution in [3.05, 3.63) is 12.2 Å². The number of nitrogens with zero attached hydrogens (tertiary/aromatic N) is 1. The summed E-state index contributed by atoms with van der Waals surface area (Å²) in [5, 5.41) is 8.39. The maximum Gasteiger partial charge on any atom is 0.328 e. The number of carboxylic acids is 1. The van der Waals surface area contributed by atoms with Gasteiger partial charge in [-0.15, -0.1) is 0 Å². The van der Waals surface area contributed by atoms with Gasteiger partial charge in [0.25, 0.3) is 0 Å². The van der Waals surface area contributed by atoms with Crippen LogP contribution in [0.3, 0.4) is 0 Å². The van der Waals surface area contributed by atoms with Crippen LogP contribution in [0.5, 0.6) is 0 Å². The molecule has 0 saturated heterocycles. The maximum atomic E-state index is 11.6. The van der Waals surface area contributed by atoms with Crippen LogP contribution in [0, 0.1) is 0 Å². The Morgan fingerprint density at radius 3 is 2.60 bits per heavy atom. The summed E-state index contributed by atoms with van der Waals surface area (Å²) in [7, 11) is 1.57. The molecule has 0 aliphatic heterocycles. The minimum Gasteiger partial charge on any atom is -0.478 e. The van der Waals surface area contributed by atoms with Gasteiger partial charge in [0.15, 0.2) is 0 Å². The monoisotopic (exact) mass is 213 g/mol. The molecule has 0 unspecified atom stereocenters. The van der Waals surface area contributed by atoms with Crippen LogP contribution in [-0.4, -0.2) is 48.2 Å². The number of ether oxygens (including phenoxy) is 1. The van der Waals surface area contributed by atoms with E-state index in [1.807, 2.05) is 0 Å². The topological polar surface area (TPSA) is 66.8 Å². The van der Waals surface area contributed by atoms with Crippen molar-refractivity contribution >= 4 is 11.9 Å². The molecular weight excluding hydrogens is 198 g/mol. The average Bonchev–Trinajstić information content (AvgIpc) is 2.99. The minimum absolute atomic E-state index is 0.253. The molecule has 1 N–H and O–H groups in total. The second-order valence-corrected chi connectivity index (χ2v) is 3.43. The lowest BCUT2D eigenvalue weighted by molar-refractivity contribution is -0.132. The molecule has 0 spiro atoms. The molecule has 0 aromatic carbocycles. The number of carbonyl (C=O) groups is 2. The third kappa shape index (κ3) is 4.12. The third-order valence-corrected chi connectivity index (χ3v) is 2.18. The van der Waals surface area contributed by atoms with Crippen molar-refractivity contribution in [3.8, 4) is 0 Å². The van der Waals surface area contributed by atoms with Gasteiger partial charge in [0.05, 0.1) is 6.61 Å². The van der Waals surface area contributed by atoms with E-state index >= 15 is 0 Å². The number of amides is 1. The third-order valence-electron chi connectivity index (χ3n) is 2.18. The van der Waals surface area contributed by atoms with E-state index in [1.54, 1.807) is 12.0 Å². The molecule has 1 saturated carbocycles. The van der Waals surface area contributed by atoms with Gasteiger partial charge in [-0.05, 0) is 12.8 Å². The van der Waals surface area contributed by atoms with Crippen LogP contribution in [0.1, 0.15) is 12.8 Å². The molecule has 0 aromatic rings. The highest BCUT2D eigenvalue weighted by Crippen LogP contribution is 2.26. The predicted molar refractivity (Wildman–Crippen MR) is 53.4 cm³/mol. The standard InChI is InChI=1S/C10H15NO4/c1-15-7-6-11(8-2-3-8)9(12)4-5-10(13)14/h4-5,8H,2-3,6-7H2,1H3,(H,13,14)/b5-4+. The van der Waals surface area contributed by atoms with Gasteiger partial charge in [0.2, 0.25) is 5.91 Å². The fraction of sp³-hybridized carbons (Fsp3) is 0.600. The van der Waals surface area contributed by atoms with E-state index in [9.17, 15) is 9.59 Å². The van der Waals surface area contributed by atoms with Crippen molar-refractivity contribution in [2.24, 2.45) is 0 Å². The van der Waals surface area contributed by atoms with Gasteiger partial charge in [0.1, 0.15) is 0 Å². The zero-order valence-corrected chi connectivity index (χ0v) is 8.68. The number of carbonyl (C=O) groups excluding carboxylic acids is 1. The number of aliphatic carboxylic acids is 1. The summed E-state index contributed by atoms with van der Waals surface area (Å²) in [6, 6.07) is 0.270. The molecule has 0 heterocycles. The van der Waals surface area contributed by atoms with Gasteiger partial charge in [-0.2, -0.15) is 0 Å². The lowest BCUT2D eigenvalue weighted by Gasteiger charge is -2.19. The second-order valence-electron chi connectivity index (χ2n) is 3.43. The smallest absolute Gasteiger partial charge is 0.328 e. The Morgan fingerprint density at radius 2 is 2.13 bits per heavy atom. The molecule has 0 bridgehead atoms. The van der Waals surface area contributed by atoms with Crippen molar-refractivity contribution in [3.63, 3.8) is 0 Å². The highest BCUT2D eigenvalue weighted by atomic mass is 16.5. The average molecular weight is 213 g/mol. The highest BCUT2D eigenvalue weighted by Gasteiger charge is 2.31. The van der Waals surface area contributed by atoms with Gasteiger partial charge in [-0.1, -0.05) is 0 Å². The minimum atomic E-state index is -1.11. The molecule has 1 aliphatic carbocycles. The number of rotatable bonds is 6. The van der Waals surface area contributed by atoms with E-state index in [2.05, 4.69) is 0 Å². The lowest BCUT2D eigenvalue weighted by Crippen LogP contribution is -2.34. The van der Waals surface area contributed by atoms with Crippen LogP contribution in [0.15, 0.2) is 12.2 Å². The summed E-state index contributed by atoms with van der Waals surface area (Å²) in [5.41, 5.74) is 0. The number of methoxy groups -OCH3 is 1. The molecule has 1 amide bonds. The Kier molecular flexibility index (Phi) is 4.30. The number of hydrogen-bond donors (Lipinski definition) is 1. The number of carboxylic acid groups (broad SMARTS) is 1. The Labute approximate surface area is 88.3 Å². The summed E-state index contributed by atoms with van der Waals surface area (Å²) in [6.45, 7) is 0.993. The van der Waals surface area contributed by atoms with E-state index in [4.69, 9.17) is 9.84 Å². The van der Waals surface area contributed by atoms with Crippen LogP contribution >= 0.6 is 0 Å². The Balaban J connectivity index is 2.47. The molecule has 84 valence electrons. The SMILES string of the molecule is COCCN(C(=O)/C=C/C(=O)O)C1CC1. The number of hydrogen-bond acceptors (Lipinski definition) is 3. The fourth-order valence-electron chi connectivity index (χ4n) is 1.29. The molecule has 5 nitrogen and oxygen atoms in total.